The molecule has 0 aromatic heterocycles. The lowest BCUT2D eigenvalue weighted by atomic mass is 10.1. The van der Waals surface area contributed by atoms with Crippen molar-refractivity contribution in [3.63, 3.8) is 0 Å². The maximum atomic E-state index is 11.9. The molecular weight excluding hydrogens is 230 g/mol. The monoisotopic (exact) mass is 247 g/mol. The highest BCUT2D eigenvalue weighted by atomic mass is 16.5. The fourth-order valence-electron chi connectivity index (χ4n) is 1.97. The molecule has 1 aromatic rings. The highest BCUT2D eigenvalue weighted by Crippen LogP contribution is 2.20. The lowest BCUT2D eigenvalue weighted by Crippen LogP contribution is -2.27. The van der Waals surface area contributed by atoms with Gasteiger partial charge in [0, 0.05) is 17.9 Å². The maximum absolute atomic E-state index is 11.9. The van der Waals surface area contributed by atoms with Gasteiger partial charge in [-0.3, -0.25) is 9.59 Å². The van der Waals surface area contributed by atoms with Gasteiger partial charge in [0.15, 0.2) is 5.78 Å². The molecule has 0 bridgehead atoms. The Morgan fingerprint density at radius 2 is 2.17 bits per heavy atom. The summed E-state index contributed by atoms with van der Waals surface area (Å²) in [7, 11) is 0. The van der Waals surface area contributed by atoms with Crippen molar-refractivity contribution in [2.75, 3.05) is 11.9 Å². The van der Waals surface area contributed by atoms with Crippen LogP contribution in [0.3, 0.4) is 0 Å². The van der Waals surface area contributed by atoms with Crippen LogP contribution >= 0.6 is 0 Å². The Labute approximate surface area is 106 Å². The topological polar surface area (TPSA) is 55.4 Å². The van der Waals surface area contributed by atoms with Crippen molar-refractivity contribution in [3.05, 3.63) is 29.3 Å². The van der Waals surface area contributed by atoms with Gasteiger partial charge in [-0.2, -0.15) is 0 Å². The number of rotatable bonds is 3. The van der Waals surface area contributed by atoms with Crippen molar-refractivity contribution < 1.29 is 14.3 Å². The summed E-state index contributed by atoms with van der Waals surface area (Å²) < 4.78 is 5.33. The van der Waals surface area contributed by atoms with Gasteiger partial charge in [0.05, 0.1) is 0 Å². The third-order valence-corrected chi connectivity index (χ3v) is 3.12. The van der Waals surface area contributed by atoms with Crippen LogP contribution < -0.4 is 5.32 Å². The first-order valence-electron chi connectivity index (χ1n) is 6.12. The van der Waals surface area contributed by atoms with Crippen LogP contribution in [-0.2, 0) is 9.53 Å². The van der Waals surface area contributed by atoms with E-state index in [0.717, 1.165) is 18.4 Å². The summed E-state index contributed by atoms with van der Waals surface area (Å²) in [4.78, 5) is 23.2. The summed E-state index contributed by atoms with van der Waals surface area (Å²) in [6.07, 6.45) is 1.33. The minimum Gasteiger partial charge on any atom is -0.368 e. The van der Waals surface area contributed by atoms with E-state index in [1.165, 1.54) is 6.92 Å². The summed E-state index contributed by atoms with van der Waals surface area (Å²) in [5.74, 6) is -0.140. The largest absolute Gasteiger partial charge is 0.368 e. The number of benzene rings is 1. The average molecular weight is 247 g/mol. The molecule has 1 saturated heterocycles. The molecule has 0 spiro atoms. The van der Waals surface area contributed by atoms with Gasteiger partial charge in [0.2, 0.25) is 0 Å². The molecular formula is C14H17NO3. The molecule has 18 heavy (non-hydrogen) atoms. The van der Waals surface area contributed by atoms with Gasteiger partial charge < -0.3 is 10.1 Å². The Balaban J connectivity index is 2.14. The summed E-state index contributed by atoms with van der Waals surface area (Å²) in [6.45, 7) is 4.05. The number of ether oxygens (including phenoxy) is 1. The number of amides is 1. The van der Waals surface area contributed by atoms with Gasteiger partial charge >= 0.3 is 0 Å². The molecule has 1 aliphatic rings. The quantitative estimate of drug-likeness (QED) is 0.834. The second-order valence-corrected chi connectivity index (χ2v) is 4.58. The van der Waals surface area contributed by atoms with E-state index in [1.807, 2.05) is 13.0 Å². The van der Waals surface area contributed by atoms with Gasteiger partial charge in [-0.15, -0.1) is 0 Å². The van der Waals surface area contributed by atoms with Crippen LogP contribution in [0.1, 0.15) is 35.7 Å². The van der Waals surface area contributed by atoms with E-state index < -0.39 is 0 Å². The molecule has 1 aromatic carbocycles. The molecule has 0 aliphatic carbocycles. The normalized spacial score (nSPS) is 18.7. The van der Waals surface area contributed by atoms with Crippen molar-refractivity contribution in [3.8, 4) is 0 Å². The molecule has 96 valence electrons. The Kier molecular flexibility index (Phi) is 3.77. The first-order chi connectivity index (χ1) is 8.58. The minimum absolute atomic E-state index is 0.0115. The van der Waals surface area contributed by atoms with Crippen molar-refractivity contribution in [2.24, 2.45) is 0 Å². The molecule has 1 unspecified atom stereocenters. The van der Waals surface area contributed by atoms with Gasteiger partial charge in [0.1, 0.15) is 6.10 Å². The number of Topliss-reactive ketones (excluding diaryl/α,β-unsaturated/α-hetero) is 1. The molecule has 1 heterocycles. The molecule has 0 saturated carbocycles. The molecule has 1 N–H and O–H groups in total. The number of hydrogen-bond acceptors (Lipinski definition) is 3. The van der Waals surface area contributed by atoms with E-state index in [4.69, 9.17) is 4.74 Å². The highest BCUT2D eigenvalue weighted by molar-refractivity contribution is 5.98. The lowest BCUT2D eigenvalue weighted by molar-refractivity contribution is -0.124. The van der Waals surface area contributed by atoms with Crippen LogP contribution in [0.4, 0.5) is 5.69 Å². The predicted molar refractivity (Wildman–Crippen MR) is 68.8 cm³/mol. The molecule has 0 radical (unpaired) electrons. The van der Waals surface area contributed by atoms with Crippen LogP contribution in [0.2, 0.25) is 0 Å². The summed E-state index contributed by atoms with van der Waals surface area (Å²) in [5, 5.41) is 2.83. The van der Waals surface area contributed by atoms with Crippen LogP contribution in [0.5, 0.6) is 0 Å². The number of nitrogens with one attached hydrogen (secondary N) is 1. The minimum atomic E-state index is -0.356. The first-order valence-corrected chi connectivity index (χ1v) is 6.12. The third kappa shape index (κ3) is 2.76. The fourth-order valence-corrected chi connectivity index (χ4v) is 1.97. The van der Waals surface area contributed by atoms with E-state index in [0.29, 0.717) is 17.9 Å². The number of hydrogen-bond donors (Lipinski definition) is 1. The second kappa shape index (κ2) is 5.31. The zero-order chi connectivity index (χ0) is 13.1. The molecule has 2 rings (SSSR count). The predicted octanol–water partition coefficient (Wildman–Crippen LogP) is 2.32. The number of carbonyl (C=O) groups is 2. The standard InChI is InChI=1S/C14H17NO3/c1-9-5-6-11(10(2)16)8-12(9)15-14(17)13-4-3-7-18-13/h5-6,8,13H,3-4,7H2,1-2H3,(H,15,17). The van der Waals surface area contributed by atoms with Crippen LogP contribution in [0, 0.1) is 6.92 Å². The summed E-state index contributed by atoms with van der Waals surface area (Å²) >= 11 is 0. The Morgan fingerprint density at radius 1 is 1.39 bits per heavy atom. The molecule has 1 amide bonds. The molecule has 1 fully saturated rings. The number of ketones is 1. The van der Waals surface area contributed by atoms with Crippen LogP contribution in [0.15, 0.2) is 18.2 Å². The van der Waals surface area contributed by atoms with Gasteiger partial charge in [-0.25, -0.2) is 0 Å². The van der Waals surface area contributed by atoms with E-state index in [-0.39, 0.29) is 17.8 Å². The van der Waals surface area contributed by atoms with E-state index >= 15 is 0 Å². The smallest absolute Gasteiger partial charge is 0.253 e. The number of aryl methyl sites for hydroxylation is 1. The summed E-state index contributed by atoms with van der Waals surface area (Å²) in [5.41, 5.74) is 2.22. The molecule has 1 aliphatic heterocycles. The number of anilines is 1. The number of carbonyl (C=O) groups excluding carboxylic acids is 2. The Bertz CT molecular complexity index is 476. The van der Waals surface area contributed by atoms with Crippen LogP contribution in [-0.4, -0.2) is 24.4 Å². The van der Waals surface area contributed by atoms with Crippen molar-refractivity contribution in [1.29, 1.82) is 0 Å². The van der Waals surface area contributed by atoms with E-state index in [2.05, 4.69) is 5.32 Å². The van der Waals surface area contributed by atoms with Crippen molar-refractivity contribution in [2.45, 2.75) is 32.8 Å². The van der Waals surface area contributed by atoms with E-state index in [9.17, 15) is 9.59 Å². The van der Waals surface area contributed by atoms with Crippen molar-refractivity contribution >= 4 is 17.4 Å². The Morgan fingerprint density at radius 3 is 2.78 bits per heavy atom. The zero-order valence-corrected chi connectivity index (χ0v) is 10.7. The Hall–Kier alpha value is -1.68. The van der Waals surface area contributed by atoms with Crippen LogP contribution in [0.25, 0.3) is 0 Å². The zero-order valence-electron chi connectivity index (χ0n) is 10.7. The third-order valence-electron chi connectivity index (χ3n) is 3.12. The second-order valence-electron chi connectivity index (χ2n) is 4.58. The average Bonchev–Trinajstić information content (AvgIpc) is 2.85. The lowest BCUT2D eigenvalue weighted by Gasteiger charge is -2.13. The van der Waals surface area contributed by atoms with Gasteiger partial charge in [-0.05, 0) is 38.3 Å². The molecule has 1 atom stereocenters. The first kappa shape index (κ1) is 12.8. The SMILES string of the molecule is CC(=O)c1ccc(C)c(NC(=O)C2CCCO2)c1. The molecule has 4 nitrogen and oxygen atoms in total. The van der Waals surface area contributed by atoms with Crippen molar-refractivity contribution in [1.82, 2.24) is 0 Å². The molecule has 4 heteroatoms. The van der Waals surface area contributed by atoms with Gasteiger partial charge in [0.25, 0.3) is 5.91 Å². The van der Waals surface area contributed by atoms with E-state index in [1.54, 1.807) is 12.1 Å². The summed E-state index contributed by atoms with van der Waals surface area (Å²) in [6, 6.07) is 5.31. The highest BCUT2D eigenvalue weighted by Gasteiger charge is 2.23. The maximum Gasteiger partial charge on any atom is 0.253 e. The fraction of sp³-hybridized carbons (Fsp3) is 0.429. The van der Waals surface area contributed by atoms with Gasteiger partial charge in [-0.1, -0.05) is 12.1 Å².